The van der Waals surface area contributed by atoms with Gasteiger partial charge >= 0.3 is 0 Å². The minimum absolute atomic E-state index is 0.708. The number of para-hydroxylation sites is 5. The predicted molar refractivity (Wildman–Crippen MR) is 214 cm³/mol. The SMILES string of the molecule is COc1ccc(-c2ccc(N(c3ccccc3)c3ccc(-c4nc5ccccc5n4-c4ccccc4)cc3)cc2)cc1Cc1cccc(C)c1OC. The fourth-order valence-electron chi connectivity index (χ4n) is 7.09. The normalized spacial score (nSPS) is 11.1. The van der Waals surface area contributed by atoms with E-state index in [9.17, 15) is 0 Å². The zero-order chi connectivity index (χ0) is 35.4. The van der Waals surface area contributed by atoms with Crippen LogP contribution in [0.25, 0.3) is 39.2 Å². The Labute approximate surface area is 305 Å². The molecule has 0 aliphatic rings. The molecule has 5 heteroatoms. The molecule has 0 spiro atoms. The van der Waals surface area contributed by atoms with E-state index >= 15 is 0 Å². The fraction of sp³-hybridized carbons (Fsp3) is 0.0851. The number of fused-ring (bicyclic) bond motifs is 1. The van der Waals surface area contributed by atoms with E-state index in [1.165, 1.54) is 0 Å². The van der Waals surface area contributed by atoms with Gasteiger partial charge in [-0.25, -0.2) is 4.98 Å². The van der Waals surface area contributed by atoms with Gasteiger partial charge < -0.3 is 14.4 Å². The topological polar surface area (TPSA) is 39.5 Å². The summed E-state index contributed by atoms with van der Waals surface area (Å²) in [5, 5.41) is 0. The van der Waals surface area contributed by atoms with E-state index in [1.807, 2.05) is 12.1 Å². The Morgan fingerprint density at radius 2 is 1.15 bits per heavy atom. The molecule has 8 aromatic rings. The van der Waals surface area contributed by atoms with Crippen LogP contribution in [-0.2, 0) is 6.42 Å². The molecule has 5 nitrogen and oxygen atoms in total. The van der Waals surface area contributed by atoms with Crippen molar-refractivity contribution in [2.45, 2.75) is 13.3 Å². The second-order valence-corrected chi connectivity index (χ2v) is 12.8. The number of imidazole rings is 1. The minimum Gasteiger partial charge on any atom is -0.496 e. The van der Waals surface area contributed by atoms with E-state index in [0.29, 0.717) is 6.42 Å². The van der Waals surface area contributed by atoms with Crippen LogP contribution in [-0.4, -0.2) is 23.8 Å². The van der Waals surface area contributed by atoms with Crippen LogP contribution >= 0.6 is 0 Å². The largest absolute Gasteiger partial charge is 0.496 e. The second kappa shape index (κ2) is 14.3. The molecule has 8 rings (SSSR count). The number of anilines is 3. The number of benzene rings is 7. The number of hydrogen-bond donors (Lipinski definition) is 0. The maximum absolute atomic E-state index is 5.79. The standard InChI is InChI=1S/C47H39N3O2/c1-33-13-12-14-37(46(33)52-3)32-38-31-36(25-30-45(38)51-2)34-21-26-41(27-22-34)49(39-15-6-4-7-16-39)42-28-23-35(24-29-42)47-48-43-19-10-11-20-44(43)50(47)40-17-8-5-9-18-40/h4-31H,32H2,1-3H3. The molecular weight excluding hydrogens is 639 g/mol. The van der Waals surface area contributed by atoms with Crippen LogP contribution in [0.4, 0.5) is 17.1 Å². The van der Waals surface area contributed by atoms with Crippen LogP contribution < -0.4 is 14.4 Å². The van der Waals surface area contributed by atoms with Crippen LogP contribution in [0.2, 0.25) is 0 Å². The van der Waals surface area contributed by atoms with Gasteiger partial charge in [0.2, 0.25) is 0 Å². The van der Waals surface area contributed by atoms with E-state index in [-0.39, 0.29) is 0 Å². The fourth-order valence-corrected chi connectivity index (χ4v) is 7.09. The molecule has 0 bridgehead atoms. The average Bonchev–Trinajstić information content (AvgIpc) is 3.59. The molecule has 0 atom stereocenters. The van der Waals surface area contributed by atoms with Gasteiger partial charge in [-0.1, -0.05) is 84.9 Å². The minimum atomic E-state index is 0.708. The molecule has 1 heterocycles. The van der Waals surface area contributed by atoms with Crippen LogP contribution in [0.15, 0.2) is 170 Å². The summed E-state index contributed by atoms with van der Waals surface area (Å²) in [6.45, 7) is 2.08. The molecule has 7 aromatic carbocycles. The molecule has 254 valence electrons. The van der Waals surface area contributed by atoms with Gasteiger partial charge in [0.1, 0.15) is 17.3 Å². The lowest BCUT2D eigenvalue weighted by atomic mass is 9.96. The molecule has 0 saturated heterocycles. The van der Waals surface area contributed by atoms with Gasteiger partial charge in [-0.15, -0.1) is 0 Å². The Kier molecular flexibility index (Phi) is 8.99. The van der Waals surface area contributed by atoms with Crippen molar-refractivity contribution in [1.29, 1.82) is 0 Å². The van der Waals surface area contributed by atoms with Crippen molar-refractivity contribution in [3.8, 4) is 39.7 Å². The molecule has 0 radical (unpaired) electrons. The van der Waals surface area contributed by atoms with Crippen LogP contribution in [0.5, 0.6) is 11.5 Å². The van der Waals surface area contributed by atoms with Gasteiger partial charge in [0, 0.05) is 34.7 Å². The van der Waals surface area contributed by atoms with E-state index < -0.39 is 0 Å². The summed E-state index contributed by atoms with van der Waals surface area (Å²) in [4.78, 5) is 7.37. The molecule has 0 N–H and O–H groups in total. The maximum atomic E-state index is 5.79. The van der Waals surface area contributed by atoms with Gasteiger partial charge in [0.05, 0.1) is 25.3 Å². The summed E-state index contributed by atoms with van der Waals surface area (Å²) in [5.41, 5.74) is 13.0. The summed E-state index contributed by atoms with van der Waals surface area (Å²) < 4.78 is 13.8. The highest BCUT2D eigenvalue weighted by Crippen LogP contribution is 2.38. The van der Waals surface area contributed by atoms with Crippen LogP contribution in [0.3, 0.4) is 0 Å². The molecule has 0 aliphatic carbocycles. The molecular formula is C47H39N3O2. The first-order valence-corrected chi connectivity index (χ1v) is 17.5. The second-order valence-electron chi connectivity index (χ2n) is 12.8. The highest BCUT2D eigenvalue weighted by atomic mass is 16.5. The molecule has 0 saturated carbocycles. The Balaban J connectivity index is 1.13. The zero-order valence-electron chi connectivity index (χ0n) is 29.5. The summed E-state index contributed by atoms with van der Waals surface area (Å²) in [5.74, 6) is 2.69. The van der Waals surface area contributed by atoms with Crippen molar-refractivity contribution in [2.24, 2.45) is 0 Å². The number of ether oxygens (including phenoxy) is 2. The summed E-state index contributed by atoms with van der Waals surface area (Å²) in [7, 11) is 3.46. The maximum Gasteiger partial charge on any atom is 0.145 e. The van der Waals surface area contributed by atoms with Crippen molar-refractivity contribution in [3.05, 3.63) is 187 Å². The lowest BCUT2D eigenvalue weighted by molar-refractivity contribution is 0.403. The Hall–Kier alpha value is -6.59. The lowest BCUT2D eigenvalue weighted by Gasteiger charge is -2.26. The first-order valence-electron chi connectivity index (χ1n) is 17.5. The van der Waals surface area contributed by atoms with Gasteiger partial charge in [0.15, 0.2) is 0 Å². The first kappa shape index (κ1) is 32.6. The smallest absolute Gasteiger partial charge is 0.145 e. The number of aryl methyl sites for hydroxylation is 1. The van der Waals surface area contributed by atoms with Crippen molar-refractivity contribution in [2.75, 3.05) is 19.1 Å². The van der Waals surface area contributed by atoms with E-state index in [4.69, 9.17) is 14.5 Å². The third-order valence-electron chi connectivity index (χ3n) is 9.59. The lowest BCUT2D eigenvalue weighted by Crippen LogP contribution is -2.09. The number of methoxy groups -OCH3 is 2. The summed E-state index contributed by atoms with van der Waals surface area (Å²) >= 11 is 0. The molecule has 0 fully saturated rings. The van der Waals surface area contributed by atoms with Gasteiger partial charge in [-0.05, 0) is 120 Å². The van der Waals surface area contributed by atoms with Crippen molar-refractivity contribution in [3.63, 3.8) is 0 Å². The highest BCUT2D eigenvalue weighted by molar-refractivity contribution is 5.84. The number of hydrogen-bond acceptors (Lipinski definition) is 4. The third kappa shape index (κ3) is 6.29. The van der Waals surface area contributed by atoms with Crippen LogP contribution in [0, 0.1) is 6.92 Å². The van der Waals surface area contributed by atoms with E-state index in [2.05, 4.69) is 174 Å². The number of nitrogens with zero attached hydrogens (tertiary/aromatic N) is 3. The van der Waals surface area contributed by atoms with Crippen LogP contribution in [0.1, 0.15) is 16.7 Å². The molecule has 0 aliphatic heterocycles. The Bertz CT molecular complexity index is 2450. The monoisotopic (exact) mass is 677 g/mol. The van der Waals surface area contributed by atoms with Crippen molar-refractivity contribution >= 4 is 28.1 Å². The number of rotatable bonds is 10. The quantitative estimate of drug-likeness (QED) is 0.144. The highest BCUT2D eigenvalue weighted by Gasteiger charge is 2.17. The Morgan fingerprint density at radius 1 is 0.538 bits per heavy atom. The third-order valence-corrected chi connectivity index (χ3v) is 9.59. The molecule has 52 heavy (non-hydrogen) atoms. The van der Waals surface area contributed by atoms with Crippen molar-refractivity contribution in [1.82, 2.24) is 9.55 Å². The average molecular weight is 678 g/mol. The number of aromatic nitrogens is 2. The summed E-state index contributed by atoms with van der Waals surface area (Å²) in [6, 6.07) is 59.4. The molecule has 1 aromatic heterocycles. The molecule has 0 unspecified atom stereocenters. The Morgan fingerprint density at radius 3 is 1.85 bits per heavy atom. The molecule has 0 amide bonds. The van der Waals surface area contributed by atoms with E-state index in [0.717, 1.165) is 84.5 Å². The van der Waals surface area contributed by atoms with Gasteiger partial charge in [0.25, 0.3) is 0 Å². The summed E-state index contributed by atoms with van der Waals surface area (Å²) in [6.07, 6.45) is 0.708. The van der Waals surface area contributed by atoms with E-state index in [1.54, 1.807) is 14.2 Å². The zero-order valence-corrected chi connectivity index (χ0v) is 29.5. The van der Waals surface area contributed by atoms with Gasteiger partial charge in [-0.3, -0.25) is 4.57 Å². The van der Waals surface area contributed by atoms with Crippen molar-refractivity contribution < 1.29 is 9.47 Å². The predicted octanol–water partition coefficient (Wildman–Crippen LogP) is 11.7. The first-order chi connectivity index (χ1) is 25.6. The van der Waals surface area contributed by atoms with Gasteiger partial charge in [-0.2, -0.15) is 0 Å².